The highest BCUT2D eigenvalue weighted by atomic mass is 19.4. The van der Waals surface area contributed by atoms with E-state index in [-0.39, 0.29) is 11.2 Å². The lowest BCUT2D eigenvalue weighted by Crippen LogP contribution is -2.21. The Balaban J connectivity index is 2.69. The van der Waals surface area contributed by atoms with E-state index in [0.29, 0.717) is 11.1 Å². The smallest absolute Gasteiger partial charge is 0.406 e. The van der Waals surface area contributed by atoms with Gasteiger partial charge in [-0.3, -0.25) is 0 Å². The van der Waals surface area contributed by atoms with Crippen LogP contribution in [0.25, 0.3) is 10.9 Å². The van der Waals surface area contributed by atoms with Crippen LogP contribution in [0.1, 0.15) is 10.5 Å². The van der Waals surface area contributed by atoms with Crippen LogP contribution in [-0.2, 0) is 11.3 Å². The molecule has 1 heterocycles. The number of anilines is 1. The van der Waals surface area contributed by atoms with Gasteiger partial charge in [0.25, 0.3) is 0 Å². The highest BCUT2D eigenvalue weighted by molar-refractivity contribution is 6.00. The molecule has 0 radical (unpaired) electrons. The van der Waals surface area contributed by atoms with Gasteiger partial charge < -0.3 is 15.0 Å². The summed E-state index contributed by atoms with van der Waals surface area (Å²) in [7, 11) is 1.11. The molecule has 2 rings (SSSR count). The molecule has 19 heavy (non-hydrogen) atoms. The van der Waals surface area contributed by atoms with Gasteiger partial charge >= 0.3 is 12.1 Å². The fourth-order valence-corrected chi connectivity index (χ4v) is 1.93. The maximum absolute atomic E-state index is 12.6. The number of aromatic nitrogens is 1. The van der Waals surface area contributed by atoms with Crippen molar-refractivity contribution in [2.75, 3.05) is 12.8 Å². The van der Waals surface area contributed by atoms with Gasteiger partial charge in [-0.05, 0) is 18.2 Å². The molecule has 0 unspecified atom stereocenters. The highest BCUT2D eigenvalue weighted by Crippen LogP contribution is 2.29. The Hall–Kier alpha value is -2.18. The Bertz CT molecular complexity index is 632. The molecule has 0 amide bonds. The fraction of sp³-hybridized carbons (Fsp3) is 0.250. The minimum Gasteiger partial charge on any atom is -0.464 e. The first-order chi connectivity index (χ1) is 8.83. The number of fused-ring (bicyclic) bond motifs is 1. The van der Waals surface area contributed by atoms with Gasteiger partial charge in [0.1, 0.15) is 12.2 Å². The number of halogens is 3. The number of rotatable bonds is 2. The first-order valence-corrected chi connectivity index (χ1v) is 5.36. The predicted octanol–water partition coefficient (Wildman–Crippen LogP) is 2.57. The van der Waals surface area contributed by atoms with Crippen LogP contribution in [0.15, 0.2) is 24.3 Å². The van der Waals surface area contributed by atoms with Crippen molar-refractivity contribution in [3.8, 4) is 0 Å². The van der Waals surface area contributed by atoms with E-state index in [2.05, 4.69) is 4.74 Å². The monoisotopic (exact) mass is 272 g/mol. The van der Waals surface area contributed by atoms with Crippen LogP contribution < -0.4 is 5.73 Å². The molecule has 102 valence electrons. The first-order valence-electron chi connectivity index (χ1n) is 5.36. The van der Waals surface area contributed by atoms with Gasteiger partial charge in [-0.2, -0.15) is 13.2 Å². The van der Waals surface area contributed by atoms with Crippen molar-refractivity contribution in [1.82, 2.24) is 4.57 Å². The molecule has 2 aromatic rings. The molecule has 0 saturated carbocycles. The van der Waals surface area contributed by atoms with Crippen LogP contribution in [0.3, 0.4) is 0 Å². The van der Waals surface area contributed by atoms with Gasteiger partial charge in [0.05, 0.1) is 12.6 Å². The van der Waals surface area contributed by atoms with E-state index in [0.717, 1.165) is 11.7 Å². The number of nitrogen functional groups attached to an aromatic ring is 1. The highest BCUT2D eigenvalue weighted by Gasteiger charge is 2.31. The molecule has 0 aliphatic heterocycles. The van der Waals surface area contributed by atoms with E-state index in [1.807, 2.05) is 0 Å². The molecule has 0 atom stereocenters. The second-order valence-electron chi connectivity index (χ2n) is 4.00. The van der Waals surface area contributed by atoms with Crippen molar-refractivity contribution in [2.45, 2.75) is 12.7 Å². The number of benzene rings is 1. The number of nitrogens with two attached hydrogens (primary N) is 1. The molecule has 0 fully saturated rings. The normalized spacial score (nSPS) is 11.8. The molecule has 7 heteroatoms. The largest absolute Gasteiger partial charge is 0.464 e. The standard InChI is InChI=1S/C12H11F3N2O2/c1-19-11(18)10-5-7-8(16)3-2-4-9(7)17(10)6-12(13,14)15/h2-5H,6,16H2,1H3. The van der Waals surface area contributed by atoms with E-state index in [9.17, 15) is 18.0 Å². The number of carbonyl (C=O) groups excluding carboxylic acids is 1. The number of alkyl halides is 3. The zero-order valence-electron chi connectivity index (χ0n) is 9.99. The number of esters is 1. The maximum atomic E-state index is 12.6. The zero-order valence-corrected chi connectivity index (χ0v) is 9.99. The number of ether oxygens (including phenoxy) is 1. The third-order valence-electron chi connectivity index (χ3n) is 2.71. The topological polar surface area (TPSA) is 57.2 Å². The van der Waals surface area contributed by atoms with Crippen molar-refractivity contribution in [3.05, 3.63) is 30.0 Å². The molecule has 4 nitrogen and oxygen atoms in total. The van der Waals surface area contributed by atoms with Crippen molar-refractivity contribution in [2.24, 2.45) is 0 Å². The molecule has 0 aliphatic rings. The maximum Gasteiger partial charge on any atom is 0.406 e. The van der Waals surface area contributed by atoms with Crippen molar-refractivity contribution in [3.63, 3.8) is 0 Å². The summed E-state index contributed by atoms with van der Waals surface area (Å²) in [5.41, 5.74) is 6.08. The van der Waals surface area contributed by atoms with E-state index in [1.54, 1.807) is 6.07 Å². The summed E-state index contributed by atoms with van der Waals surface area (Å²) in [6, 6.07) is 5.87. The first kappa shape index (κ1) is 13.3. The van der Waals surface area contributed by atoms with Gasteiger partial charge in [0.2, 0.25) is 0 Å². The summed E-state index contributed by atoms with van der Waals surface area (Å²) < 4.78 is 43.1. The van der Waals surface area contributed by atoms with E-state index in [1.165, 1.54) is 18.2 Å². The van der Waals surface area contributed by atoms with Crippen LogP contribution in [0.5, 0.6) is 0 Å². The lowest BCUT2D eigenvalue weighted by molar-refractivity contribution is -0.140. The SMILES string of the molecule is COC(=O)c1cc2c(N)cccc2n1CC(F)(F)F. The van der Waals surface area contributed by atoms with Gasteiger partial charge in [-0.15, -0.1) is 0 Å². The minimum atomic E-state index is -4.45. The van der Waals surface area contributed by atoms with E-state index in [4.69, 9.17) is 5.73 Å². The Morgan fingerprint density at radius 1 is 1.42 bits per heavy atom. The van der Waals surface area contributed by atoms with E-state index >= 15 is 0 Å². The lowest BCUT2D eigenvalue weighted by atomic mass is 10.2. The predicted molar refractivity (Wildman–Crippen MR) is 63.7 cm³/mol. The average molecular weight is 272 g/mol. The van der Waals surface area contributed by atoms with Crippen LogP contribution >= 0.6 is 0 Å². The number of hydrogen-bond donors (Lipinski definition) is 1. The molecular weight excluding hydrogens is 261 g/mol. The van der Waals surface area contributed by atoms with Crippen molar-refractivity contribution in [1.29, 1.82) is 0 Å². The van der Waals surface area contributed by atoms with Crippen LogP contribution in [0.2, 0.25) is 0 Å². The summed E-state index contributed by atoms with van der Waals surface area (Å²) in [4.78, 5) is 11.5. The third kappa shape index (κ3) is 2.49. The summed E-state index contributed by atoms with van der Waals surface area (Å²) in [6.45, 7) is -1.27. The van der Waals surface area contributed by atoms with Crippen LogP contribution in [0.4, 0.5) is 18.9 Å². The molecule has 2 N–H and O–H groups in total. The average Bonchev–Trinajstić information content (AvgIpc) is 2.67. The molecular formula is C12H11F3N2O2. The molecule has 0 aliphatic carbocycles. The number of methoxy groups -OCH3 is 1. The summed E-state index contributed by atoms with van der Waals surface area (Å²) in [5.74, 6) is -0.833. The minimum absolute atomic E-state index is 0.173. The van der Waals surface area contributed by atoms with Gasteiger partial charge in [-0.25, -0.2) is 4.79 Å². The summed E-state index contributed by atoms with van der Waals surface area (Å²) in [5, 5.41) is 0.396. The van der Waals surface area contributed by atoms with Crippen molar-refractivity contribution >= 4 is 22.6 Å². The number of hydrogen-bond acceptors (Lipinski definition) is 3. The Morgan fingerprint density at radius 3 is 2.68 bits per heavy atom. The van der Waals surface area contributed by atoms with Crippen LogP contribution in [0, 0.1) is 0 Å². The molecule has 0 bridgehead atoms. The lowest BCUT2D eigenvalue weighted by Gasteiger charge is -2.12. The Labute approximate surface area is 106 Å². The molecule has 0 spiro atoms. The van der Waals surface area contributed by atoms with Gasteiger partial charge in [0.15, 0.2) is 0 Å². The fourth-order valence-electron chi connectivity index (χ4n) is 1.93. The zero-order chi connectivity index (χ0) is 14.2. The number of carbonyl (C=O) groups is 1. The second-order valence-corrected chi connectivity index (χ2v) is 4.00. The Morgan fingerprint density at radius 2 is 2.11 bits per heavy atom. The van der Waals surface area contributed by atoms with Gasteiger partial charge in [0, 0.05) is 11.1 Å². The Kier molecular flexibility index (Phi) is 3.13. The third-order valence-corrected chi connectivity index (χ3v) is 2.71. The summed E-state index contributed by atoms with van der Waals surface area (Å²) >= 11 is 0. The second kappa shape index (κ2) is 4.49. The molecule has 1 aromatic carbocycles. The summed E-state index contributed by atoms with van der Waals surface area (Å²) in [6.07, 6.45) is -4.45. The molecule has 1 aromatic heterocycles. The van der Waals surface area contributed by atoms with Crippen LogP contribution in [-0.4, -0.2) is 23.8 Å². The quantitative estimate of drug-likeness (QED) is 0.675. The number of nitrogens with zero attached hydrogens (tertiary/aromatic N) is 1. The van der Waals surface area contributed by atoms with Crippen molar-refractivity contribution < 1.29 is 22.7 Å². The van der Waals surface area contributed by atoms with Gasteiger partial charge in [-0.1, -0.05) is 6.07 Å². The van der Waals surface area contributed by atoms with E-state index < -0.39 is 18.7 Å². The molecule has 0 saturated heterocycles.